The molecule has 0 spiro atoms. The summed E-state index contributed by atoms with van der Waals surface area (Å²) in [7, 11) is 5.10. The highest BCUT2D eigenvalue weighted by molar-refractivity contribution is 5.97. The van der Waals surface area contributed by atoms with Crippen LogP contribution in [0.25, 0.3) is 22.3 Å². The number of aromatic nitrogens is 4. The van der Waals surface area contributed by atoms with Gasteiger partial charge < -0.3 is 19.4 Å². The Balaban J connectivity index is 1.43. The number of hydrogen-bond acceptors (Lipinski definition) is 5. The highest BCUT2D eigenvalue weighted by Crippen LogP contribution is 2.43. The lowest BCUT2D eigenvalue weighted by molar-refractivity contribution is 0.0943. The van der Waals surface area contributed by atoms with Crippen LogP contribution in [-0.2, 0) is 26.6 Å². The fraction of sp³-hybridized carbons (Fsp3) is 0.292. The molecule has 0 bridgehead atoms. The maximum atomic E-state index is 13.1. The molecule has 0 saturated heterocycles. The van der Waals surface area contributed by atoms with Gasteiger partial charge in [-0.25, -0.2) is 4.98 Å². The molecule has 32 heavy (non-hydrogen) atoms. The lowest BCUT2D eigenvalue weighted by atomic mass is 10.1. The average Bonchev–Trinajstić information content (AvgIpc) is 3.46. The number of rotatable bonds is 6. The molecule has 1 amide bonds. The minimum Gasteiger partial charge on any atom is -0.493 e. The third kappa shape index (κ3) is 3.02. The number of amides is 1. The fourth-order valence-electron chi connectivity index (χ4n) is 4.59. The van der Waals surface area contributed by atoms with Gasteiger partial charge in [-0.15, -0.1) is 0 Å². The largest absolute Gasteiger partial charge is 0.493 e. The van der Waals surface area contributed by atoms with Crippen LogP contribution >= 0.6 is 0 Å². The van der Waals surface area contributed by atoms with Gasteiger partial charge in [-0.05, 0) is 36.8 Å². The number of carbonyl (C=O) groups is 1. The number of carbonyl (C=O) groups excluding carboxylic acids is 1. The fourth-order valence-corrected chi connectivity index (χ4v) is 4.59. The summed E-state index contributed by atoms with van der Waals surface area (Å²) in [6.07, 6.45) is 0.620. The van der Waals surface area contributed by atoms with Gasteiger partial charge in [0.2, 0.25) is 0 Å². The molecule has 0 unspecified atom stereocenters. The van der Waals surface area contributed by atoms with Crippen molar-refractivity contribution in [2.45, 2.75) is 26.4 Å². The van der Waals surface area contributed by atoms with Crippen molar-refractivity contribution < 1.29 is 14.3 Å². The SMILES string of the molecule is CCn1c(CNC(=O)c2nn(C)c3c2Cc2cc(OC)c(OC)cc2-3)nc2ccccc21. The Morgan fingerprint density at radius 2 is 1.91 bits per heavy atom. The number of fused-ring (bicyclic) bond motifs is 4. The number of hydrogen-bond donors (Lipinski definition) is 1. The maximum absolute atomic E-state index is 13.1. The van der Waals surface area contributed by atoms with Crippen molar-refractivity contribution in [3.8, 4) is 22.8 Å². The second kappa shape index (κ2) is 7.71. The van der Waals surface area contributed by atoms with E-state index < -0.39 is 0 Å². The zero-order chi connectivity index (χ0) is 22.4. The van der Waals surface area contributed by atoms with Gasteiger partial charge in [0, 0.05) is 31.1 Å². The summed E-state index contributed by atoms with van der Waals surface area (Å²) in [4.78, 5) is 17.8. The summed E-state index contributed by atoms with van der Waals surface area (Å²) in [6, 6.07) is 11.9. The Labute approximate surface area is 185 Å². The molecule has 0 fully saturated rings. The van der Waals surface area contributed by atoms with Crippen LogP contribution in [0.4, 0.5) is 0 Å². The van der Waals surface area contributed by atoms with E-state index in [4.69, 9.17) is 14.5 Å². The van der Waals surface area contributed by atoms with Gasteiger partial charge in [0.05, 0.1) is 37.5 Å². The van der Waals surface area contributed by atoms with Gasteiger partial charge in [0.15, 0.2) is 17.2 Å². The van der Waals surface area contributed by atoms with E-state index in [1.807, 2.05) is 43.4 Å². The zero-order valence-electron chi connectivity index (χ0n) is 18.6. The number of nitrogens with zero attached hydrogens (tertiary/aromatic N) is 4. The van der Waals surface area contributed by atoms with Crippen molar-refractivity contribution in [3.63, 3.8) is 0 Å². The lowest BCUT2D eigenvalue weighted by Crippen LogP contribution is -2.26. The number of methoxy groups -OCH3 is 2. The molecule has 8 nitrogen and oxygen atoms in total. The molecule has 0 aliphatic heterocycles. The molecule has 0 saturated carbocycles. The first-order chi connectivity index (χ1) is 15.5. The minimum atomic E-state index is -0.205. The van der Waals surface area contributed by atoms with E-state index in [2.05, 4.69) is 21.9 Å². The topological polar surface area (TPSA) is 83.2 Å². The van der Waals surface area contributed by atoms with Crippen LogP contribution in [-0.4, -0.2) is 39.5 Å². The molecule has 5 rings (SSSR count). The minimum absolute atomic E-state index is 0.205. The Morgan fingerprint density at radius 1 is 1.16 bits per heavy atom. The van der Waals surface area contributed by atoms with E-state index in [0.29, 0.717) is 30.2 Å². The van der Waals surface area contributed by atoms with E-state index in [0.717, 1.165) is 45.8 Å². The van der Waals surface area contributed by atoms with Gasteiger partial charge in [-0.1, -0.05) is 12.1 Å². The van der Waals surface area contributed by atoms with Gasteiger partial charge >= 0.3 is 0 Å². The molecule has 1 N–H and O–H groups in total. The molecule has 164 valence electrons. The van der Waals surface area contributed by atoms with Crippen LogP contribution in [0, 0.1) is 0 Å². The predicted octanol–water partition coefficient (Wildman–Crippen LogP) is 3.31. The van der Waals surface area contributed by atoms with E-state index in [9.17, 15) is 4.79 Å². The number of imidazole rings is 1. The van der Waals surface area contributed by atoms with Gasteiger partial charge in [0.1, 0.15) is 5.82 Å². The maximum Gasteiger partial charge on any atom is 0.272 e. The highest BCUT2D eigenvalue weighted by atomic mass is 16.5. The Bertz CT molecular complexity index is 1350. The smallest absolute Gasteiger partial charge is 0.272 e. The Morgan fingerprint density at radius 3 is 2.66 bits per heavy atom. The van der Waals surface area contributed by atoms with Crippen LogP contribution in [0.1, 0.15) is 34.4 Å². The number of ether oxygens (including phenoxy) is 2. The summed E-state index contributed by atoms with van der Waals surface area (Å²) in [5.41, 5.74) is 6.39. The van der Waals surface area contributed by atoms with Crippen molar-refractivity contribution >= 4 is 16.9 Å². The Kier molecular flexibility index (Phi) is 4.84. The molecule has 0 radical (unpaired) electrons. The molecule has 2 aromatic carbocycles. The molecule has 1 aliphatic carbocycles. The van der Waals surface area contributed by atoms with Crippen molar-refractivity contribution in [2.24, 2.45) is 7.05 Å². The average molecular weight is 431 g/mol. The van der Waals surface area contributed by atoms with E-state index in [1.54, 1.807) is 18.9 Å². The molecular formula is C24H25N5O3. The quantitative estimate of drug-likeness (QED) is 0.446. The van der Waals surface area contributed by atoms with Crippen molar-refractivity contribution in [2.75, 3.05) is 14.2 Å². The number of benzene rings is 2. The van der Waals surface area contributed by atoms with Crippen LogP contribution in [0.15, 0.2) is 36.4 Å². The highest BCUT2D eigenvalue weighted by Gasteiger charge is 2.31. The normalized spacial score (nSPS) is 12.0. The van der Waals surface area contributed by atoms with Crippen LogP contribution in [0.2, 0.25) is 0 Å². The second-order valence-corrected chi connectivity index (χ2v) is 7.78. The van der Waals surface area contributed by atoms with Gasteiger partial charge in [-0.2, -0.15) is 5.10 Å². The first-order valence-electron chi connectivity index (χ1n) is 10.6. The first-order valence-corrected chi connectivity index (χ1v) is 10.6. The number of aryl methyl sites for hydroxylation is 2. The third-order valence-electron chi connectivity index (χ3n) is 6.05. The molecule has 2 aromatic heterocycles. The molecule has 0 atom stereocenters. The number of para-hydroxylation sites is 2. The molecule has 2 heterocycles. The van der Waals surface area contributed by atoms with Crippen molar-refractivity contribution in [1.82, 2.24) is 24.6 Å². The second-order valence-electron chi connectivity index (χ2n) is 7.78. The summed E-state index contributed by atoms with van der Waals surface area (Å²) < 4.78 is 14.8. The third-order valence-corrected chi connectivity index (χ3v) is 6.05. The first kappa shape index (κ1) is 20.1. The van der Waals surface area contributed by atoms with Crippen LogP contribution in [0.5, 0.6) is 11.5 Å². The Hall–Kier alpha value is -3.81. The summed E-state index contributed by atoms with van der Waals surface area (Å²) in [5.74, 6) is 1.96. The number of nitrogens with one attached hydrogen (secondary N) is 1. The monoisotopic (exact) mass is 431 g/mol. The van der Waals surface area contributed by atoms with E-state index in [1.165, 1.54) is 0 Å². The molecule has 4 aromatic rings. The van der Waals surface area contributed by atoms with E-state index >= 15 is 0 Å². The van der Waals surface area contributed by atoms with Crippen molar-refractivity contribution in [1.29, 1.82) is 0 Å². The van der Waals surface area contributed by atoms with Crippen LogP contribution < -0.4 is 14.8 Å². The summed E-state index contributed by atoms with van der Waals surface area (Å²) in [6.45, 7) is 3.19. The summed E-state index contributed by atoms with van der Waals surface area (Å²) in [5, 5.41) is 7.55. The predicted molar refractivity (Wildman–Crippen MR) is 121 cm³/mol. The standard InChI is InChI=1S/C24H25N5O3/c1-5-29-18-9-7-6-8-17(18)26-21(29)13-25-24(30)22-16-10-14-11-19(31-3)20(32-4)12-15(14)23(16)28(2)27-22/h6-9,11-12H,5,10,13H2,1-4H3,(H,25,30). The lowest BCUT2D eigenvalue weighted by Gasteiger charge is -2.11. The van der Waals surface area contributed by atoms with Gasteiger partial charge in [-0.3, -0.25) is 9.48 Å². The summed E-state index contributed by atoms with van der Waals surface area (Å²) >= 11 is 0. The van der Waals surface area contributed by atoms with Crippen molar-refractivity contribution in [3.05, 3.63) is 59.0 Å². The van der Waals surface area contributed by atoms with Crippen LogP contribution in [0.3, 0.4) is 0 Å². The van der Waals surface area contributed by atoms with E-state index in [-0.39, 0.29) is 5.91 Å². The zero-order valence-corrected chi connectivity index (χ0v) is 18.6. The molecule has 8 heteroatoms. The molecule has 1 aliphatic rings. The molecular weight excluding hydrogens is 406 g/mol. The van der Waals surface area contributed by atoms with Gasteiger partial charge in [0.25, 0.3) is 5.91 Å².